The summed E-state index contributed by atoms with van der Waals surface area (Å²) in [5.74, 6) is -0.165. The summed E-state index contributed by atoms with van der Waals surface area (Å²) >= 11 is 0. The van der Waals surface area contributed by atoms with Gasteiger partial charge in [0.2, 0.25) is 0 Å². The predicted octanol–water partition coefficient (Wildman–Crippen LogP) is 3.71. The summed E-state index contributed by atoms with van der Waals surface area (Å²) < 4.78 is 13.1. The van der Waals surface area contributed by atoms with Crippen LogP contribution in [-0.2, 0) is 0 Å². The van der Waals surface area contributed by atoms with Crippen molar-refractivity contribution in [2.24, 2.45) is 0 Å². The minimum Gasteiger partial charge on any atom is -0.508 e. The monoisotopic (exact) mass is 305 g/mol. The smallest absolute Gasteiger partial charge is 0.142 e. The number of nitrogens with zero attached hydrogens (tertiary/aromatic N) is 2. The molecule has 0 atom stereocenters. The summed E-state index contributed by atoms with van der Waals surface area (Å²) in [7, 11) is 0. The third-order valence-corrected chi connectivity index (χ3v) is 3.46. The van der Waals surface area contributed by atoms with Gasteiger partial charge >= 0.3 is 0 Å². The Balaban J connectivity index is 2.22. The van der Waals surface area contributed by atoms with E-state index in [9.17, 15) is 14.8 Å². The van der Waals surface area contributed by atoms with E-state index < -0.39 is 0 Å². The highest BCUT2D eigenvalue weighted by molar-refractivity contribution is 5.80. The lowest BCUT2D eigenvalue weighted by Crippen LogP contribution is -1.99. The number of nitrogen functional groups attached to an aromatic ring is 1. The van der Waals surface area contributed by atoms with E-state index in [0.717, 1.165) is 0 Å². The maximum atomic E-state index is 13.1. The highest BCUT2D eigenvalue weighted by Gasteiger charge is 2.13. The van der Waals surface area contributed by atoms with Crippen molar-refractivity contribution < 1.29 is 9.50 Å². The van der Waals surface area contributed by atoms with Gasteiger partial charge in [0.15, 0.2) is 0 Å². The number of aromatic hydroxyl groups is 1. The van der Waals surface area contributed by atoms with Gasteiger partial charge in [-0.25, -0.2) is 9.37 Å². The molecule has 1 heterocycles. The lowest BCUT2D eigenvalue weighted by molar-refractivity contribution is 0.475. The predicted molar refractivity (Wildman–Crippen MR) is 85.9 cm³/mol. The van der Waals surface area contributed by atoms with Gasteiger partial charge in [-0.2, -0.15) is 5.26 Å². The van der Waals surface area contributed by atoms with Crippen LogP contribution in [0.5, 0.6) is 5.75 Å². The largest absolute Gasteiger partial charge is 0.508 e. The summed E-state index contributed by atoms with van der Waals surface area (Å²) in [5.41, 5.74) is 8.57. The van der Waals surface area contributed by atoms with Gasteiger partial charge in [0.25, 0.3) is 0 Å². The van der Waals surface area contributed by atoms with Crippen LogP contribution in [0.3, 0.4) is 0 Å². The second-order valence-corrected chi connectivity index (χ2v) is 4.98. The van der Waals surface area contributed by atoms with Crippen LogP contribution in [0.25, 0.3) is 22.4 Å². The summed E-state index contributed by atoms with van der Waals surface area (Å²) in [4.78, 5) is 4.22. The molecule has 2 aromatic carbocycles. The number of pyridine rings is 1. The SMILES string of the molecule is N#Cc1c(-c2cccc(O)c2)cc(-c2ccc(F)cc2)nc1N. The first kappa shape index (κ1) is 14.5. The van der Waals surface area contributed by atoms with E-state index in [2.05, 4.69) is 4.98 Å². The normalized spacial score (nSPS) is 10.3. The first-order valence-electron chi connectivity index (χ1n) is 6.84. The average Bonchev–Trinajstić information content (AvgIpc) is 2.55. The molecule has 5 heteroatoms. The van der Waals surface area contributed by atoms with Gasteiger partial charge < -0.3 is 10.8 Å². The summed E-state index contributed by atoms with van der Waals surface area (Å²) in [6, 6.07) is 16.1. The molecule has 112 valence electrons. The van der Waals surface area contributed by atoms with Crippen LogP contribution in [0.15, 0.2) is 54.6 Å². The Labute approximate surface area is 132 Å². The van der Waals surface area contributed by atoms with Crippen molar-refractivity contribution in [3.8, 4) is 34.2 Å². The molecule has 0 amide bonds. The Bertz CT molecular complexity index is 915. The fourth-order valence-electron chi connectivity index (χ4n) is 2.35. The van der Waals surface area contributed by atoms with Gasteiger partial charge in [0, 0.05) is 11.1 Å². The van der Waals surface area contributed by atoms with Crippen molar-refractivity contribution in [1.29, 1.82) is 5.26 Å². The molecule has 0 aliphatic heterocycles. The number of phenols is 1. The number of hydrogen-bond acceptors (Lipinski definition) is 4. The number of anilines is 1. The maximum absolute atomic E-state index is 13.1. The molecule has 0 bridgehead atoms. The Hall–Kier alpha value is -3.39. The molecule has 0 aliphatic carbocycles. The fourth-order valence-corrected chi connectivity index (χ4v) is 2.35. The van der Waals surface area contributed by atoms with Gasteiger partial charge in [-0.1, -0.05) is 12.1 Å². The zero-order valence-corrected chi connectivity index (χ0v) is 12.0. The Morgan fingerprint density at radius 2 is 1.78 bits per heavy atom. The number of aromatic nitrogens is 1. The first-order valence-corrected chi connectivity index (χ1v) is 6.84. The van der Waals surface area contributed by atoms with Crippen molar-refractivity contribution in [1.82, 2.24) is 4.98 Å². The van der Waals surface area contributed by atoms with Crippen LogP contribution >= 0.6 is 0 Å². The van der Waals surface area contributed by atoms with Crippen LogP contribution in [0.1, 0.15) is 5.56 Å². The van der Waals surface area contributed by atoms with Crippen molar-refractivity contribution in [2.45, 2.75) is 0 Å². The summed E-state index contributed by atoms with van der Waals surface area (Å²) in [6.45, 7) is 0. The van der Waals surface area contributed by atoms with E-state index in [0.29, 0.717) is 22.4 Å². The molecule has 4 nitrogen and oxygen atoms in total. The molecule has 0 saturated heterocycles. The van der Waals surface area contributed by atoms with E-state index in [1.807, 2.05) is 6.07 Å². The molecule has 0 spiro atoms. The van der Waals surface area contributed by atoms with Gasteiger partial charge in [0.1, 0.15) is 29.0 Å². The van der Waals surface area contributed by atoms with E-state index in [1.54, 1.807) is 42.5 Å². The first-order chi connectivity index (χ1) is 11.1. The van der Waals surface area contributed by atoms with Gasteiger partial charge in [-0.05, 0) is 48.0 Å². The lowest BCUT2D eigenvalue weighted by atomic mass is 9.98. The quantitative estimate of drug-likeness (QED) is 0.756. The third kappa shape index (κ3) is 2.83. The maximum Gasteiger partial charge on any atom is 0.142 e. The van der Waals surface area contributed by atoms with Crippen LogP contribution in [0.2, 0.25) is 0 Å². The molecule has 0 fully saturated rings. The standard InChI is InChI=1S/C18H12FN3O/c19-13-6-4-11(5-7-13)17-9-15(16(10-20)18(21)22-17)12-2-1-3-14(23)8-12/h1-9,23H,(H2,21,22). The van der Waals surface area contributed by atoms with Crippen molar-refractivity contribution in [2.75, 3.05) is 5.73 Å². The average molecular weight is 305 g/mol. The van der Waals surface area contributed by atoms with Crippen LogP contribution in [0.4, 0.5) is 10.2 Å². The second-order valence-electron chi connectivity index (χ2n) is 4.98. The number of nitriles is 1. The Morgan fingerprint density at radius 1 is 1.04 bits per heavy atom. The molecule has 23 heavy (non-hydrogen) atoms. The summed E-state index contributed by atoms with van der Waals surface area (Å²) in [5, 5.41) is 19.0. The molecule has 0 radical (unpaired) electrons. The Kier molecular flexibility index (Phi) is 3.65. The van der Waals surface area contributed by atoms with Crippen molar-refractivity contribution in [3.05, 3.63) is 66.0 Å². The number of hydrogen-bond donors (Lipinski definition) is 2. The van der Waals surface area contributed by atoms with E-state index in [4.69, 9.17) is 5.73 Å². The molecule has 3 aromatic rings. The van der Waals surface area contributed by atoms with Crippen LogP contribution in [0, 0.1) is 17.1 Å². The van der Waals surface area contributed by atoms with Crippen LogP contribution < -0.4 is 5.73 Å². The summed E-state index contributed by atoms with van der Waals surface area (Å²) in [6.07, 6.45) is 0. The zero-order valence-electron chi connectivity index (χ0n) is 12.0. The fraction of sp³-hybridized carbons (Fsp3) is 0. The van der Waals surface area contributed by atoms with E-state index in [1.165, 1.54) is 12.1 Å². The topological polar surface area (TPSA) is 82.9 Å². The van der Waals surface area contributed by atoms with Crippen LogP contribution in [-0.4, -0.2) is 10.1 Å². The van der Waals surface area contributed by atoms with Gasteiger partial charge in [-0.15, -0.1) is 0 Å². The molecule has 1 aromatic heterocycles. The van der Waals surface area contributed by atoms with Gasteiger partial charge in [-0.3, -0.25) is 0 Å². The number of nitrogens with two attached hydrogens (primary N) is 1. The van der Waals surface area contributed by atoms with Crippen molar-refractivity contribution >= 4 is 5.82 Å². The van der Waals surface area contributed by atoms with Gasteiger partial charge in [0.05, 0.1) is 5.69 Å². The minimum atomic E-state index is -0.344. The minimum absolute atomic E-state index is 0.0881. The molecular weight excluding hydrogens is 293 g/mol. The third-order valence-electron chi connectivity index (χ3n) is 3.46. The highest BCUT2D eigenvalue weighted by Crippen LogP contribution is 2.32. The number of halogens is 1. The Morgan fingerprint density at radius 3 is 2.43 bits per heavy atom. The molecule has 0 unspecified atom stereocenters. The van der Waals surface area contributed by atoms with E-state index >= 15 is 0 Å². The molecule has 3 rings (SSSR count). The molecule has 3 N–H and O–H groups in total. The van der Waals surface area contributed by atoms with E-state index in [-0.39, 0.29) is 22.9 Å². The van der Waals surface area contributed by atoms with Crippen molar-refractivity contribution in [3.63, 3.8) is 0 Å². The zero-order chi connectivity index (χ0) is 16.4. The molecule has 0 aliphatic rings. The number of benzene rings is 2. The number of phenolic OH excluding ortho intramolecular Hbond substituents is 1. The highest BCUT2D eigenvalue weighted by atomic mass is 19.1. The second kappa shape index (κ2) is 5.78. The molecule has 0 saturated carbocycles. The number of rotatable bonds is 2. The molecular formula is C18H12FN3O. The lowest BCUT2D eigenvalue weighted by Gasteiger charge is -2.10.